The Labute approximate surface area is 131 Å². The Bertz CT molecular complexity index is 418. The van der Waals surface area contributed by atoms with E-state index in [2.05, 4.69) is 71.1 Å². The number of rotatable bonds is 7. The van der Waals surface area contributed by atoms with E-state index in [0.717, 1.165) is 19.4 Å². The molecule has 1 aromatic carbocycles. The molecule has 0 aliphatic carbocycles. The van der Waals surface area contributed by atoms with Crippen LogP contribution in [0.15, 0.2) is 24.3 Å². The molecule has 0 saturated carbocycles. The minimum atomic E-state index is -0.119. The van der Waals surface area contributed by atoms with Gasteiger partial charge in [-0.25, -0.2) is 0 Å². The van der Waals surface area contributed by atoms with E-state index >= 15 is 0 Å². The minimum absolute atomic E-state index is 0.119. The average Bonchev–Trinajstić information content (AvgIpc) is 2.44. The van der Waals surface area contributed by atoms with Crippen LogP contribution in [-0.4, -0.2) is 25.3 Å². The molecule has 2 heteroatoms. The Kier molecular flexibility index (Phi) is 6.42. The summed E-state index contributed by atoms with van der Waals surface area (Å²) >= 11 is 0. The van der Waals surface area contributed by atoms with Crippen molar-refractivity contribution in [1.29, 1.82) is 0 Å². The average molecular weight is 291 g/mol. The molecule has 0 aliphatic heterocycles. The van der Waals surface area contributed by atoms with Crippen LogP contribution in [0.3, 0.4) is 0 Å². The van der Waals surface area contributed by atoms with Crippen molar-refractivity contribution in [3.8, 4) is 0 Å². The lowest BCUT2D eigenvalue weighted by Gasteiger charge is -2.37. The number of nitrogens with one attached hydrogen (secondary N) is 1. The third-order valence-electron chi connectivity index (χ3n) is 4.52. The van der Waals surface area contributed by atoms with Crippen molar-refractivity contribution in [2.24, 2.45) is 0 Å². The summed E-state index contributed by atoms with van der Waals surface area (Å²) in [5.74, 6) is 0. The van der Waals surface area contributed by atoms with Gasteiger partial charge in [0.2, 0.25) is 0 Å². The number of ether oxygens (including phenoxy) is 1. The molecule has 0 amide bonds. The van der Waals surface area contributed by atoms with E-state index in [-0.39, 0.29) is 11.0 Å². The number of hydrogen-bond donors (Lipinski definition) is 1. The van der Waals surface area contributed by atoms with E-state index in [9.17, 15) is 0 Å². The van der Waals surface area contributed by atoms with Gasteiger partial charge in [0.05, 0.1) is 5.60 Å². The van der Waals surface area contributed by atoms with Crippen LogP contribution in [0.5, 0.6) is 0 Å². The zero-order valence-electron chi connectivity index (χ0n) is 14.9. The van der Waals surface area contributed by atoms with Crippen molar-refractivity contribution in [1.82, 2.24) is 5.32 Å². The van der Waals surface area contributed by atoms with E-state index in [1.165, 1.54) is 11.1 Å². The summed E-state index contributed by atoms with van der Waals surface area (Å²) in [7, 11) is 2.03. The maximum Gasteiger partial charge on any atom is 0.0807 e. The van der Waals surface area contributed by atoms with Crippen molar-refractivity contribution >= 4 is 0 Å². The first-order valence-electron chi connectivity index (χ1n) is 8.17. The zero-order valence-corrected chi connectivity index (χ0v) is 14.9. The monoisotopic (exact) mass is 291 g/mol. The SMILES string of the molecule is CCOC(C)(CC)C(Cc1ccc(C(C)(C)C)cc1)NC. The smallest absolute Gasteiger partial charge is 0.0807 e. The summed E-state index contributed by atoms with van der Waals surface area (Å²) < 4.78 is 6.02. The molecule has 1 aromatic rings. The largest absolute Gasteiger partial charge is 0.374 e. The topological polar surface area (TPSA) is 21.3 Å². The fourth-order valence-electron chi connectivity index (χ4n) is 2.78. The third-order valence-corrected chi connectivity index (χ3v) is 4.52. The number of benzene rings is 1. The van der Waals surface area contributed by atoms with Crippen LogP contribution in [0.2, 0.25) is 0 Å². The van der Waals surface area contributed by atoms with Crippen LogP contribution in [0, 0.1) is 0 Å². The van der Waals surface area contributed by atoms with Gasteiger partial charge in [-0.2, -0.15) is 0 Å². The Morgan fingerprint density at radius 2 is 1.62 bits per heavy atom. The van der Waals surface area contributed by atoms with Crippen LogP contribution in [0.25, 0.3) is 0 Å². The van der Waals surface area contributed by atoms with Gasteiger partial charge in [-0.1, -0.05) is 52.0 Å². The molecule has 2 nitrogen and oxygen atoms in total. The summed E-state index contributed by atoms with van der Waals surface area (Å²) in [6.07, 6.45) is 2.00. The first-order valence-corrected chi connectivity index (χ1v) is 8.17. The molecular weight excluding hydrogens is 258 g/mol. The zero-order chi connectivity index (χ0) is 16.1. The fraction of sp³-hybridized carbons (Fsp3) is 0.684. The molecule has 0 radical (unpaired) electrons. The second kappa shape index (κ2) is 7.42. The lowest BCUT2D eigenvalue weighted by Crippen LogP contribution is -2.50. The molecule has 1 N–H and O–H groups in total. The highest BCUT2D eigenvalue weighted by Gasteiger charge is 2.32. The van der Waals surface area contributed by atoms with Gasteiger partial charge in [-0.15, -0.1) is 0 Å². The van der Waals surface area contributed by atoms with E-state index < -0.39 is 0 Å². The maximum absolute atomic E-state index is 6.02. The van der Waals surface area contributed by atoms with Gasteiger partial charge in [-0.3, -0.25) is 0 Å². The van der Waals surface area contributed by atoms with Gasteiger partial charge in [0.25, 0.3) is 0 Å². The quantitative estimate of drug-likeness (QED) is 0.808. The molecule has 120 valence electrons. The maximum atomic E-state index is 6.02. The molecular formula is C19H33NO. The van der Waals surface area contributed by atoms with Gasteiger partial charge >= 0.3 is 0 Å². The first-order chi connectivity index (χ1) is 9.76. The number of likely N-dealkylation sites (N-methyl/N-ethyl adjacent to an activating group) is 1. The normalized spacial score (nSPS) is 16.5. The van der Waals surface area contributed by atoms with Crippen LogP contribution in [0.4, 0.5) is 0 Å². The van der Waals surface area contributed by atoms with Crippen LogP contribution in [-0.2, 0) is 16.6 Å². The summed E-state index contributed by atoms with van der Waals surface area (Å²) in [4.78, 5) is 0. The predicted octanol–water partition coefficient (Wildman–Crippen LogP) is 4.32. The van der Waals surface area contributed by atoms with E-state index in [0.29, 0.717) is 6.04 Å². The third kappa shape index (κ3) is 4.82. The summed E-state index contributed by atoms with van der Waals surface area (Å²) in [6.45, 7) is 14.0. The van der Waals surface area contributed by atoms with Gasteiger partial charge < -0.3 is 10.1 Å². The Hall–Kier alpha value is -0.860. The molecule has 0 heterocycles. The Morgan fingerprint density at radius 1 is 1.05 bits per heavy atom. The van der Waals surface area contributed by atoms with Crippen LogP contribution < -0.4 is 5.32 Å². The standard InChI is InChI=1S/C19H33NO/c1-8-19(6,21-9-2)17(20-7)14-15-10-12-16(13-11-15)18(3,4)5/h10-13,17,20H,8-9,14H2,1-7H3. The van der Waals surface area contributed by atoms with Crippen molar-refractivity contribution in [3.05, 3.63) is 35.4 Å². The van der Waals surface area contributed by atoms with Gasteiger partial charge in [0, 0.05) is 12.6 Å². The molecule has 0 aliphatic rings. The highest BCUT2D eigenvalue weighted by Crippen LogP contribution is 2.25. The van der Waals surface area contributed by atoms with Crippen molar-refractivity contribution in [2.75, 3.05) is 13.7 Å². The van der Waals surface area contributed by atoms with E-state index in [1.54, 1.807) is 0 Å². The molecule has 1 rings (SSSR count). The molecule has 0 bridgehead atoms. The van der Waals surface area contributed by atoms with Crippen molar-refractivity contribution in [2.45, 2.75) is 71.4 Å². The second-order valence-electron chi connectivity index (χ2n) is 7.09. The fourth-order valence-corrected chi connectivity index (χ4v) is 2.78. The van der Waals surface area contributed by atoms with Crippen molar-refractivity contribution in [3.63, 3.8) is 0 Å². The van der Waals surface area contributed by atoms with E-state index in [4.69, 9.17) is 4.74 Å². The van der Waals surface area contributed by atoms with Crippen LogP contribution >= 0.6 is 0 Å². The highest BCUT2D eigenvalue weighted by molar-refractivity contribution is 5.28. The molecule has 2 atom stereocenters. The summed E-state index contributed by atoms with van der Waals surface area (Å²) in [5, 5.41) is 3.45. The molecule has 0 saturated heterocycles. The highest BCUT2D eigenvalue weighted by atomic mass is 16.5. The van der Waals surface area contributed by atoms with Gasteiger partial charge in [0.15, 0.2) is 0 Å². The predicted molar refractivity (Wildman–Crippen MR) is 92.0 cm³/mol. The molecule has 2 unspecified atom stereocenters. The van der Waals surface area contributed by atoms with Crippen molar-refractivity contribution < 1.29 is 4.74 Å². The lowest BCUT2D eigenvalue weighted by molar-refractivity contribution is -0.0534. The van der Waals surface area contributed by atoms with E-state index in [1.807, 2.05) is 7.05 Å². The van der Waals surface area contributed by atoms with Gasteiger partial charge in [0.1, 0.15) is 0 Å². The molecule has 0 aromatic heterocycles. The first kappa shape index (κ1) is 18.2. The Balaban J connectivity index is 2.87. The molecule has 0 fully saturated rings. The van der Waals surface area contributed by atoms with Crippen LogP contribution in [0.1, 0.15) is 59.1 Å². The second-order valence-corrected chi connectivity index (χ2v) is 7.09. The summed E-state index contributed by atoms with van der Waals surface area (Å²) in [6, 6.07) is 9.35. The molecule has 0 spiro atoms. The lowest BCUT2D eigenvalue weighted by atomic mass is 9.84. The summed E-state index contributed by atoms with van der Waals surface area (Å²) in [5.41, 5.74) is 2.84. The number of hydrogen-bond acceptors (Lipinski definition) is 2. The molecule has 21 heavy (non-hydrogen) atoms. The Morgan fingerprint density at radius 3 is 2.00 bits per heavy atom. The van der Waals surface area contributed by atoms with Gasteiger partial charge in [-0.05, 0) is 50.3 Å². The minimum Gasteiger partial charge on any atom is -0.374 e.